The number of anilines is 1. The molecule has 2 N–H and O–H groups in total. The summed E-state index contributed by atoms with van der Waals surface area (Å²) in [5.74, 6) is 0.434. The summed E-state index contributed by atoms with van der Waals surface area (Å²) in [7, 11) is 0. The van der Waals surface area contributed by atoms with Gasteiger partial charge in [-0.05, 0) is 65.0 Å². The highest BCUT2D eigenvalue weighted by Crippen LogP contribution is 2.19. The van der Waals surface area contributed by atoms with Crippen molar-refractivity contribution < 1.29 is 14.3 Å². The first-order valence-corrected chi connectivity index (χ1v) is 10.5. The average molecular weight is 427 g/mol. The Bertz CT molecular complexity index is 835. The van der Waals surface area contributed by atoms with E-state index in [2.05, 4.69) is 21.7 Å². The van der Waals surface area contributed by atoms with E-state index in [4.69, 9.17) is 10.00 Å². The summed E-state index contributed by atoms with van der Waals surface area (Å²) in [4.78, 5) is 31.0. The van der Waals surface area contributed by atoms with Crippen LogP contribution in [0.3, 0.4) is 0 Å². The summed E-state index contributed by atoms with van der Waals surface area (Å²) in [5, 5.41) is 24.0. The summed E-state index contributed by atoms with van der Waals surface area (Å²) < 4.78 is 5.31. The molecule has 2 atom stereocenters. The molecule has 1 aromatic rings. The van der Waals surface area contributed by atoms with Crippen molar-refractivity contribution in [3.8, 4) is 12.1 Å². The van der Waals surface area contributed by atoms with Crippen molar-refractivity contribution in [1.82, 2.24) is 15.2 Å². The SMILES string of the molecule is CC(C)(C)OC(=O)N[C@@H](CCCCNc1ccc(C#N)cn1)C(=O)N1CCC[C@H]1C#N. The molecule has 0 aromatic carbocycles. The van der Waals surface area contributed by atoms with Gasteiger partial charge in [0, 0.05) is 19.3 Å². The zero-order chi connectivity index (χ0) is 22.9. The van der Waals surface area contributed by atoms with Crippen molar-refractivity contribution in [2.24, 2.45) is 0 Å². The Morgan fingerprint density at radius 3 is 2.71 bits per heavy atom. The number of carbonyl (C=O) groups excluding carboxylic acids is 2. The number of nitrogens with one attached hydrogen (secondary N) is 2. The fraction of sp³-hybridized carbons (Fsp3) is 0.591. The number of rotatable bonds is 8. The predicted molar refractivity (Wildman–Crippen MR) is 115 cm³/mol. The molecule has 2 rings (SSSR count). The maximum atomic E-state index is 13.0. The molecule has 1 aromatic heterocycles. The minimum atomic E-state index is -0.739. The quantitative estimate of drug-likeness (QED) is 0.611. The number of nitrogens with zero attached hydrogens (tertiary/aromatic N) is 4. The summed E-state index contributed by atoms with van der Waals surface area (Å²) in [6.45, 7) is 6.45. The Morgan fingerprint density at radius 2 is 2.10 bits per heavy atom. The van der Waals surface area contributed by atoms with E-state index in [9.17, 15) is 14.9 Å². The summed E-state index contributed by atoms with van der Waals surface area (Å²) in [6, 6.07) is 6.44. The van der Waals surface area contributed by atoms with Gasteiger partial charge in [-0.15, -0.1) is 0 Å². The van der Waals surface area contributed by atoms with Crippen molar-refractivity contribution in [2.75, 3.05) is 18.4 Å². The molecule has 2 heterocycles. The summed E-state index contributed by atoms with van der Waals surface area (Å²) in [6.07, 6.45) is 4.18. The highest BCUT2D eigenvalue weighted by molar-refractivity contribution is 5.86. The second-order valence-corrected chi connectivity index (χ2v) is 8.48. The molecule has 1 aliphatic rings. The molecule has 1 saturated heterocycles. The van der Waals surface area contributed by atoms with E-state index in [-0.39, 0.29) is 5.91 Å². The van der Waals surface area contributed by atoms with Gasteiger partial charge >= 0.3 is 6.09 Å². The van der Waals surface area contributed by atoms with E-state index < -0.39 is 23.8 Å². The standard InChI is InChI=1S/C22H30N6O3/c1-22(2,3)31-21(30)27-18(20(29)28-12-6-7-17(28)14-24)8-4-5-11-25-19-10-9-16(13-23)15-26-19/h9-10,15,17-18H,4-8,11-12H2,1-3H3,(H,25,26)(H,27,30)/t17-,18-/m0/s1. The third-order valence-electron chi connectivity index (χ3n) is 4.79. The Kier molecular flexibility index (Phi) is 8.63. The monoisotopic (exact) mass is 426 g/mol. The lowest BCUT2D eigenvalue weighted by Crippen LogP contribution is -2.50. The minimum absolute atomic E-state index is 0.239. The van der Waals surface area contributed by atoms with Crippen LogP contribution in [-0.2, 0) is 9.53 Å². The average Bonchev–Trinajstić information content (AvgIpc) is 3.20. The van der Waals surface area contributed by atoms with E-state index in [1.165, 1.54) is 6.20 Å². The van der Waals surface area contributed by atoms with Gasteiger partial charge in [0.25, 0.3) is 0 Å². The number of ether oxygens (including phenoxy) is 1. The van der Waals surface area contributed by atoms with Gasteiger partial charge in [0.1, 0.15) is 29.6 Å². The van der Waals surface area contributed by atoms with Gasteiger partial charge in [0.15, 0.2) is 0 Å². The zero-order valence-corrected chi connectivity index (χ0v) is 18.4. The van der Waals surface area contributed by atoms with Crippen LogP contribution in [-0.4, -0.2) is 52.7 Å². The van der Waals surface area contributed by atoms with Crippen LogP contribution in [0, 0.1) is 22.7 Å². The number of nitriles is 2. The van der Waals surface area contributed by atoms with Crippen LogP contribution in [0.25, 0.3) is 0 Å². The van der Waals surface area contributed by atoms with Gasteiger partial charge in [0.2, 0.25) is 5.91 Å². The van der Waals surface area contributed by atoms with Crippen molar-refractivity contribution in [3.05, 3.63) is 23.9 Å². The molecule has 0 radical (unpaired) electrons. The Morgan fingerprint density at radius 1 is 1.32 bits per heavy atom. The molecule has 1 aliphatic heterocycles. The smallest absolute Gasteiger partial charge is 0.408 e. The molecule has 9 heteroatoms. The van der Waals surface area contributed by atoms with Crippen LogP contribution >= 0.6 is 0 Å². The van der Waals surface area contributed by atoms with Crippen LogP contribution in [0.5, 0.6) is 0 Å². The minimum Gasteiger partial charge on any atom is -0.444 e. The number of hydrogen-bond donors (Lipinski definition) is 2. The lowest BCUT2D eigenvalue weighted by atomic mass is 10.1. The van der Waals surface area contributed by atoms with Crippen molar-refractivity contribution in [2.45, 2.75) is 70.6 Å². The topological polar surface area (TPSA) is 131 Å². The number of likely N-dealkylation sites (tertiary alicyclic amines) is 1. The molecule has 9 nitrogen and oxygen atoms in total. The summed E-state index contributed by atoms with van der Waals surface area (Å²) >= 11 is 0. The van der Waals surface area contributed by atoms with E-state index in [1.54, 1.807) is 37.8 Å². The molecule has 2 amide bonds. The van der Waals surface area contributed by atoms with Gasteiger partial charge in [-0.25, -0.2) is 9.78 Å². The Hall–Kier alpha value is -3.33. The third kappa shape index (κ3) is 7.78. The molecule has 0 aliphatic carbocycles. The largest absolute Gasteiger partial charge is 0.444 e. The molecular formula is C22H30N6O3. The molecule has 0 saturated carbocycles. The predicted octanol–water partition coefficient (Wildman–Crippen LogP) is 2.94. The number of unbranched alkanes of at least 4 members (excludes halogenated alkanes) is 1. The van der Waals surface area contributed by atoms with Gasteiger partial charge < -0.3 is 20.3 Å². The Labute approximate surface area is 183 Å². The van der Waals surface area contributed by atoms with Gasteiger partial charge in [-0.1, -0.05) is 0 Å². The fourth-order valence-corrected chi connectivity index (χ4v) is 3.33. The van der Waals surface area contributed by atoms with Crippen molar-refractivity contribution >= 4 is 17.8 Å². The number of hydrogen-bond acceptors (Lipinski definition) is 7. The van der Waals surface area contributed by atoms with Crippen LogP contribution < -0.4 is 10.6 Å². The molecular weight excluding hydrogens is 396 g/mol. The van der Waals surface area contributed by atoms with Crippen LogP contribution in [0.2, 0.25) is 0 Å². The number of alkyl carbamates (subject to hydrolysis) is 1. The first kappa shape index (κ1) is 23.9. The highest BCUT2D eigenvalue weighted by Gasteiger charge is 2.34. The molecule has 31 heavy (non-hydrogen) atoms. The van der Waals surface area contributed by atoms with Crippen molar-refractivity contribution in [1.29, 1.82) is 10.5 Å². The van der Waals surface area contributed by atoms with Gasteiger partial charge in [-0.2, -0.15) is 10.5 Å². The van der Waals surface area contributed by atoms with Crippen LogP contribution in [0.4, 0.5) is 10.6 Å². The molecule has 166 valence electrons. The first-order valence-electron chi connectivity index (χ1n) is 10.5. The number of carbonyl (C=O) groups is 2. The number of amides is 2. The molecule has 0 unspecified atom stereocenters. The Balaban J connectivity index is 1.89. The van der Waals surface area contributed by atoms with E-state index in [1.807, 2.05) is 6.07 Å². The maximum absolute atomic E-state index is 13.0. The summed E-state index contributed by atoms with van der Waals surface area (Å²) in [5.41, 5.74) is -0.170. The van der Waals surface area contributed by atoms with Gasteiger partial charge in [0.05, 0.1) is 11.6 Å². The first-order chi connectivity index (χ1) is 14.7. The maximum Gasteiger partial charge on any atom is 0.408 e. The van der Waals surface area contributed by atoms with Crippen LogP contribution in [0.1, 0.15) is 58.4 Å². The third-order valence-corrected chi connectivity index (χ3v) is 4.79. The highest BCUT2D eigenvalue weighted by atomic mass is 16.6. The van der Waals surface area contributed by atoms with E-state index in [0.29, 0.717) is 43.7 Å². The lowest BCUT2D eigenvalue weighted by molar-refractivity contribution is -0.133. The van der Waals surface area contributed by atoms with Crippen LogP contribution in [0.15, 0.2) is 18.3 Å². The fourth-order valence-electron chi connectivity index (χ4n) is 3.33. The molecule has 0 spiro atoms. The lowest BCUT2D eigenvalue weighted by Gasteiger charge is -2.27. The second-order valence-electron chi connectivity index (χ2n) is 8.48. The van der Waals surface area contributed by atoms with Gasteiger partial charge in [-0.3, -0.25) is 4.79 Å². The normalized spacial score (nSPS) is 16.7. The molecule has 1 fully saturated rings. The van der Waals surface area contributed by atoms with Crippen molar-refractivity contribution in [3.63, 3.8) is 0 Å². The second kappa shape index (κ2) is 11.2. The van der Waals surface area contributed by atoms with E-state index in [0.717, 1.165) is 12.8 Å². The number of aromatic nitrogens is 1. The molecule has 0 bridgehead atoms. The number of pyridine rings is 1. The zero-order valence-electron chi connectivity index (χ0n) is 18.4. The van der Waals surface area contributed by atoms with E-state index >= 15 is 0 Å².